The van der Waals surface area contributed by atoms with E-state index in [1.54, 1.807) is 6.26 Å². The van der Waals surface area contributed by atoms with Crippen molar-refractivity contribution in [3.8, 4) is 0 Å². The summed E-state index contributed by atoms with van der Waals surface area (Å²) in [5, 5.41) is 5.66. The first-order chi connectivity index (χ1) is 11.4. The molecule has 3 heterocycles. The first-order valence-electron chi connectivity index (χ1n) is 8.50. The molecule has 2 aromatic rings. The lowest BCUT2D eigenvalue weighted by atomic mass is 10.1. The van der Waals surface area contributed by atoms with E-state index < -0.39 is 0 Å². The summed E-state index contributed by atoms with van der Waals surface area (Å²) >= 11 is 1.81. The molecule has 6 heteroatoms. The van der Waals surface area contributed by atoms with Gasteiger partial charge in [0.2, 0.25) is 0 Å². The molecule has 1 saturated heterocycles. The number of piperidine rings is 1. The first kappa shape index (κ1) is 19.3. The summed E-state index contributed by atoms with van der Waals surface area (Å²) in [4.78, 5) is 8.66. The monoisotopic (exact) mass is 459 g/mol. The zero-order valence-corrected chi connectivity index (χ0v) is 17.1. The Hall–Kier alpha value is -1.02. The highest BCUT2D eigenvalue weighted by molar-refractivity contribution is 14.0. The lowest BCUT2D eigenvalue weighted by molar-refractivity contribution is 0.331. The van der Waals surface area contributed by atoms with Crippen LogP contribution in [0.1, 0.15) is 29.9 Å². The Morgan fingerprint density at radius 3 is 2.75 bits per heavy atom. The predicted octanol–water partition coefficient (Wildman–Crippen LogP) is 4.18. The number of furan rings is 1. The van der Waals surface area contributed by atoms with Gasteiger partial charge in [0.15, 0.2) is 5.96 Å². The van der Waals surface area contributed by atoms with Crippen molar-refractivity contribution in [3.63, 3.8) is 0 Å². The molecule has 0 aromatic carbocycles. The summed E-state index contributed by atoms with van der Waals surface area (Å²) in [6, 6.07) is 8.26. The molecule has 0 bridgehead atoms. The summed E-state index contributed by atoms with van der Waals surface area (Å²) in [5.41, 5.74) is 0. The lowest BCUT2D eigenvalue weighted by Gasteiger charge is -2.30. The van der Waals surface area contributed by atoms with E-state index in [0.29, 0.717) is 0 Å². The van der Waals surface area contributed by atoms with Gasteiger partial charge in [0.25, 0.3) is 0 Å². The quantitative estimate of drug-likeness (QED) is 0.401. The van der Waals surface area contributed by atoms with Crippen LogP contribution in [-0.2, 0) is 12.8 Å². The van der Waals surface area contributed by atoms with Gasteiger partial charge >= 0.3 is 0 Å². The van der Waals surface area contributed by atoms with Crippen molar-refractivity contribution in [2.75, 3.05) is 26.2 Å². The maximum absolute atomic E-state index is 5.40. The second-order valence-corrected chi connectivity index (χ2v) is 6.87. The van der Waals surface area contributed by atoms with Crippen LogP contribution in [0, 0.1) is 0 Å². The van der Waals surface area contributed by atoms with Crippen LogP contribution in [0.2, 0.25) is 0 Å². The van der Waals surface area contributed by atoms with E-state index in [2.05, 4.69) is 27.7 Å². The Labute approximate surface area is 165 Å². The van der Waals surface area contributed by atoms with Crippen LogP contribution in [0.3, 0.4) is 0 Å². The number of rotatable bonds is 6. The Morgan fingerprint density at radius 1 is 1.17 bits per heavy atom. The van der Waals surface area contributed by atoms with E-state index in [1.165, 1.54) is 24.1 Å². The number of aliphatic imine (C=N–C) groups is 1. The van der Waals surface area contributed by atoms with Crippen LogP contribution in [0.5, 0.6) is 0 Å². The normalized spacial score (nSPS) is 15.2. The third kappa shape index (κ3) is 6.12. The Balaban J connectivity index is 0.00000208. The van der Waals surface area contributed by atoms with Crippen LogP contribution in [0.15, 0.2) is 45.3 Å². The number of nitrogens with zero attached hydrogens (tertiary/aromatic N) is 2. The lowest BCUT2D eigenvalue weighted by Crippen LogP contribution is -2.44. The molecule has 0 spiro atoms. The van der Waals surface area contributed by atoms with E-state index in [0.717, 1.165) is 50.7 Å². The fourth-order valence-electron chi connectivity index (χ4n) is 2.85. The zero-order chi connectivity index (χ0) is 15.7. The minimum absolute atomic E-state index is 0. The Morgan fingerprint density at radius 2 is 2.04 bits per heavy atom. The van der Waals surface area contributed by atoms with Crippen molar-refractivity contribution in [2.24, 2.45) is 4.99 Å². The van der Waals surface area contributed by atoms with E-state index in [9.17, 15) is 0 Å². The molecule has 24 heavy (non-hydrogen) atoms. The molecule has 0 aliphatic carbocycles. The predicted molar refractivity (Wildman–Crippen MR) is 112 cm³/mol. The van der Waals surface area contributed by atoms with Gasteiger partial charge in [0, 0.05) is 43.9 Å². The maximum Gasteiger partial charge on any atom is 0.193 e. The first-order valence-corrected chi connectivity index (χ1v) is 9.38. The third-order valence-electron chi connectivity index (χ3n) is 4.09. The van der Waals surface area contributed by atoms with Gasteiger partial charge in [0.05, 0.1) is 6.26 Å². The van der Waals surface area contributed by atoms with Gasteiger partial charge < -0.3 is 14.6 Å². The fraction of sp³-hybridized carbons (Fsp3) is 0.500. The van der Waals surface area contributed by atoms with Crippen LogP contribution >= 0.6 is 35.3 Å². The molecule has 1 N–H and O–H groups in total. The maximum atomic E-state index is 5.40. The third-order valence-corrected chi connectivity index (χ3v) is 5.03. The van der Waals surface area contributed by atoms with Crippen molar-refractivity contribution < 1.29 is 4.42 Å². The number of nitrogens with one attached hydrogen (secondary N) is 1. The number of hydrogen-bond acceptors (Lipinski definition) is 3. The van der Waals surface area contributed by atoms with Gasteiger partial charge in [-0.1, -0.05) is 6.07 Å². The van der Waals surface area contributed by atoms with Crippen LogP contribution < -0.4 is 5.32 Å². The van der Waals surface area contributed by atoms with Crippen molar-refractivity contribution in [1.82, 2.24) is 10.2 Å². The molecule has 132 valence electrons. The van der Waals surface area contributed by atoms with E-state index in [1.807, 2.05) is 23.5 Å². The number of halogens is 1. The summed E-state index contributed by atoms with van der Waals surface area (Å²) in [6.07, 6.45) is 7.52. The Bertz CT molecular complexity index is 577. The van der Waals surface area contributed by atoms with Crippen LogP contribution in [0.4, 0.5) is 0 Å². The highest BCUT2D eigenvalue weighted by Crippen LogP contribution is 2.11. The van der Waals surface area contributed by atoms with Crippen molar-refractivity contribution in [2.45, 2.75) is 32.1 Å². The molecule has 0 amide bonds. The molecule has 2 aromatic heterocycles. The summed E-state index contributed by atoms with van der Waals surface area (Å²) in [6.45, 7) is 3.94. The average molecular weight is 459 g/mol. The standard InChI is InChI=1S/C18H25N3OS.HI/c1-2-12-21(13-3-1)18(19-10-8-16-6-4-14-22-16)20-11-9-17-7-5-15-23-17;/h4-7,14-15H,1-3,8-13H2,(H,19,20);1H. The Kier molecular flexibility index (Phi) is 8.66. The van der Waals surface area contributed by atoms with Gasteiger partial charge in [-0.2, -0.15) is 0 Å². The minimum Gasteiger partial charge on any atom is -0.469 e. The summed E-state index contributed by atoms with van der Waals surface area (Å²) in [5.74, 6) is 2.09. The van der Waals surface area contributed by atoms with Gasteiger partial charge in [-0.3, -0.25) is 4.99 Å². The van der Waals surface area contributed by atoms with Crippen molar-refractivity contribution in [3.05, 3.63) is 46.5 Å². The molecule has 1 aliphatic rings. The molecule has 3 rings (SSSR count). The number of hydrogen-bond donors (Lipinski definition) is 1. The number of guanidine groups is 1. The topological polar surface area (TPSA) is 40.8 Å². The second-order valence-electron chi connectivity index (χ2n) is 5.84. The molecule has 0 radical (unpaired) electrons. The molecule has 4 nitrogen and oxygen atoms in total. The molecular formula is C18H26IN3OS. The number of thiophene rings is 1. The van der Waals surface area contributed by atoms with Crippen molar-refractivity contribution >= 4 is 41.3 Å². The minimum atomic E-state index is 0. The van der Waals surface area contributed by atoms with Crippen molar-refractivity contribution in [1.29, 1.82) is 0 Å². The van der Waals surface area contributed by atoms with Gasteiger partial charge in [-0.25, -0.2) is 0 Å². The second kappa shape index (κ2) is 10.8. The highest BCUT2D eigenvalue weighted by atomic mass is 127. The van der Waals surface area contributed by atoms with Gasteiger partial charge in [0.1, 0.15) is 5.76 Å². The fourth-order valence-corrected chi connectivity index (χ4v) is 3.55. The van der Waals surface area contributed by atoms with E-state index in [4.69, 9.17) is 9.41 Å². The van der Waals surface area contributed by atoms with Gasteiger partial charge in [-0.15, -0.1) is 35.3 Å². The van der Waals surface area contributed by atoms with E-state index >= 15 is 0 Å². The SMILES string of the molecule is I.c1coc(CCNC(=NCCc2cccs2)N2CCCCC2)c1. The highest BCUT2D eigenvalue weighted by Gasteiger charge is 2.14. The van der Waals surface area contributed by atoms with Crippen LogP contribution in [0.25, 0.3) is 0 Å². The largest absolute Gasteiger partial charge is 0.469 e. The zero-order valence-electron chi connectivity index (χ0n) is 13.9. The smallest absolute Gasteiger partial charge is 0.193 e. The molecular weight excluding hydrogens is 433 g/mol. The molecule has 1 fully saturated rings. The molecule has 0 unspecified atom stereocenters. The summed E-state index contributed by atoms with van der Waals surface area (Å²) < 4.78 is 5.40. The molecule has 0 atom stereocenters. The van der Waals surface area contributed by atoms with Gasteiger partial charge in [-0.05, 0) is 42.8 Å². The van der Waals surface area contributed by atoms with E-state index in [-0.39, 0.29) is 24.0 Å². The van der Waals surface area contributed by atoms with Crippen LogP contribution in [-0.4, -0.2) is 37.0 Å². The molecule has 1 aliphatic heterocycles. The molecule has 0 saturated carbocycles. The summed E-state index contributed by atoms with van der Waals surface area (Å²) in [7, 11) is 0. The average Bonchev–Trinajstić information content (AvgIpc) is 3.28. The number of likely N-dealkylation sites (tertiary alicyclic amines) is 1.